The third kappa shape index (κ3) is 5.23. The molecule has 168 valence electrons. The van der Waals surface area contributed by atoms with Gasteiger partial charge in [0.05, 0.1) is 17.1 Å². The summed E-state index contributed by atoms with van der Waals surface area (Å²) in [7, 11) is 0. The van der Waals surface area contributed by atoms with Crippen molar-refractivity contribution in [3.63, 3.8) is 0 Å². The predicted octanol–water partition coefficient (Wildman–Crippen LogP) is 4.92. The van der Waals surface area contributed by atoms with Gasteiger partial charge >= 0.3 is 0 Å². The van der Waals surface area contributed by atoms with Crippen LogP contribution >= 0.6 is 11.8 Å². The van der Waals surface area contributed by atoms with Crippen molar-refractivity contribution >= 4 is 23.5 Å². The van der Waals surface area contributed by atoms with Gasteiger partial charge in [0.2, 0.25) is 5.91 Å². The number of hydrogen-bond acceptors (Lipinski definition) is 5. The molecule has 0 radical (unpaired) electrons. The van der Waals surface area contributed by atoms with Crippen molar-refractivity contribution in [2.45, 2.75) is 32.0 Å². The first-order valence-corrected chi connectivity index (χ1v) is 11.8. The SMILES string of the molecule is C=CCn1c(C)nnc1SCC(=O)Nc1cc(-c2ccc(CC)cc2)nn1-c1ccccc1. The van der Waals surface area contributed by atoms with Crippen molar-refractivity contribution in [2.24, 2.45) is 0 Å². The van der Waals surface area contributed by atoms with Gasteiger partial charge in [-0.05, 0) is 31.0 Å². The van der Waals surface area contributed by atoms with Crippen LogP contribution in [0.3, 0.4) is 0 Å². The van der Waals surface area contributed by atoms with Gasteiger partial charge < -0.3 is 9.88 Å². The van der Waals surface area contributed by atoms with E-state index >= 15 is 0 Å². The molecule has 33 heavy (non-hydrogen) atoms. The largest absolute Gasteiger partial charge is 0.310 e. The zero-order valence-electron chi connectivity index (χ0n) is 18.7. The van der Waals surface area contributed by atoms with E-state index in [2.05, 4.69) is 53.3 Å². The van der Waals surface area contributed by atoms with Crippen molar-refractivity contribution in [3.05, 3.63) is 84.7 Å². The molecule has 2 aromatic heterocycles. The fourth-order valence-corrected chi connectivity index (χ4v) is 4.20. The summed E-state index contributed by atoms with van der Waals surface area (Å²) in [6.45, 7) is 8.38. The maximum absolute atomic E-state index is 12.8. The van der Waals surface area contributed by atoms with Crippen molar-refractivity contribution in [2.75, 3.05) is 11.1 Å². The number of para-hydroxylation sites is 1. The second-order valence-corrected chi connectivity index (χ2v) is 8.42. The number of nitrogens with one attached hydrogen (secondary N) is 1. The Morgan fingerprint density at radius 1 is 1.12 bits per heavy atom. The molecule has 0 fully saturated rings. The average molecular weight is 459 g/mol. The van der Waals surface area contributed by atoms with Crippen LogP contribution in [-0.2, 0) is 17.8 Å². The van der Waals surface area contributed by atoms with E-state index < -0.39 is 0 Å². The van der Waals surface area contributed by atoms with Crippen molar-refractivity contribution in [1.82, 2.24) is 24.5 Å². The molecule has 0 spiro atoms. The molecular weight excluding hydrogens is 432 g/mol. The minimum atomic E-state index is -0.143. The normalized spacial score (nSPS) is 10.8. The zero-order valence-corrected chi connectivity index (χ0v) is 19.5. The van der Waals surface area contributed by atoms with Gasteiger partial charge in [0.15, 0.2) is 5.16 Å². The number of amides is 1. The molecule has 1 amide bonds. The van der Waals surface area contributed by atoms with Gasteiger partial charge in [-0.3, -0.25) is 4.79 Å². The van der Waals surface area contributed by atoms with E-state index in [9.17, 15) is 4.79 Å². The van der Waals surface area contributed by atoms with Crippen LogP contribution < -0.4 is 5.32 Å². The summed E-state index contributed by atoms with van der Waals surface area (Å²) in [6, 6.07) is 20.0. The summed E-state index contributed by atoms with van der Waals surface area (Å²) in [4.78, 5) is 12.8. The summed E-state index contributed by atoms with van der Waals surface area (Å²) < 4.78 is 3.69. The van der Waals surface area contributed by atoms with E-state index in [4.69, 9.17) is 5.10 Å². The summed E-state index contributed by atoms with van der Waals surface area (Å²) in [5.41, 5.74) is 3.94. The molecular formula is C25H26N6OS. The number of hydrogen-bond donors (Lipinski definition) is 1. The maximum Gasteiger partial charge on any atom is 0.236 e. The molecule has 0 aliphatic carbocycles. The van der Waals surface area contributed by atoms with Gasteiger partial charge in [-0.15, -0.1) is 16.8 Å². The minimum absolute atomic E-state index is 0.143. The minimum Gasteiger partial charge on any atom is -0.310 e. The molecule has 0 saturated heterocycles. The van der Waals surface area contributed by atoms with Gasteiger partial charge in [0, 0.05) is 18.2 Å². The van der Waals surface area contributed by atoms with E-state index in [-0.39, 0.29) is 11.7 Å². The van der Waals surface area contributed by atoms with E-state index in [0.29, 0.717) is 17.5 Å². The van der Waals surface area contributed by atoms with Crippen LogP contribution in [-0.4, -0.2) is 36.2 Å². The fraction of sp³-hybridized carbons (Fsp3) is 0.200. The highest BCUT2D eigenvalue weighted by Gasteiger charge is 2.16. The number of anilines is 1. The smallest absolute Gasteiger partial charge is 0.236 e. The second-order valence-electron chi connectivity index (χ2n) is 7.48. The van der Waals surface area contributed by atoms with Gasteiger partial charge in [-0.2, -0.15) is 5.10 Å². The number of nitrogens with zero attached hydrogens (tertiary/aromatic N) is 5. The Morgan fingerprint density at radius 2 is 1.88 bits per heavy atom. The number of aromatic nitrogens is 5. The van der Waals surface area contributed by atoms with E-state index in [0.717, 1.165) is 29.2 Å². The quantitative estimate of drug-likeness (QED) is 0.285. The molecule has 4 rings (SSSR count). The molecule has 0 aliphatic heterocycles. The fourth-order valence-electron chi connectivity index (χ4n) is 3.41. The third-order valence-electron chi connectivity index (χ3n) is 5.18. The number of carbonyl (C=O) groups is 1. The number of thioether (sulfide) groups is 1. The zero-order chi connectivity index (χ0) is 23.2. The highest BCUT2D eigenvalue weighted by atomic mass is 32.2. The monoisotopic (exact) mass is 458 g/mol. The molecule has 2 aromatic carbocycles. The summed E-state index contributed by atoms with van der Waals surface area (Å²) in [5.74, 6) is 1.47. The highest BCUT2D eigenvalue weighted by Crippen LogP contribution is 2.26. The first-order valence-electron chi connectivity index (χ1n) is 10.8. The molecule has 0 atom stereocenters. The van der Waals surface area contributed by atoms with Gasteiger partial charge in [-0.25, -0.2) is 4.68 Å². The van der Waals surface area contributed by atoms with Crippen molar-refractivity contribution < 1.29 is 4.79 Å². The van der Waals surface area contributed by atoms with Crippen molar-refractivity contribution in [1.29, 1.82) is 0 Å². The van der Waals surface area contributed by atoms with E-state index in [1.54, 1.807) is 10.8 Å². The lowest BCUT2D eigenvalue weighted by atomic mass is 10.1. The Labute approximate surface area is 197 Å². The Hall–Kier alpha value is -3.65. The van der Waals surface area contributed by atoms with Crippen molar-refractivity contribution in [3.8, 4) is 16.9 Å². The highest BCUT2D eigenvalue weighted by molar-refractivity contribution is 7.99. The Bertz CT molecular complexity index is 1240. The number of rotatable bonds is 9. The number of allylic oxidation sites excluding steroid dienone is 1. The summed E-state index contributed by atoms with van der Waals surface area (Å²) >= 11 is 1.34. The van der Waals surface area contributed by atoms with Gasteiger partial charge in [0.1, 0.15) is 11.6 Å². The molecule has 4 aromatic rings. The standard InChI is InChI=1S/C25H26N6OS/c1-4-15-30-18(3)27-28-25(30)33-17-24(32)26-23-16-22(20-13-11-19(5-2)12-14-20)29-31(23)21-9-7-6-8-10-21/h4,6-14,16H,1,5,15,17H2,2-3H3,(H,26,32). The summed E-state index contributed by atoms with van der Waals surface area (Å²) in [6.07, 6.45) is 2.77. The Balaban J connectivity index is 1.56. The van der Waals surface area contributed by atoms with E-state index in [1.807, 2.05) is 47.9 Å². The molecule has 2 heterocycles. The first-order chi connectivity index (χ1) is 16.1. The first kappa shape index (κ1) is 22.5. The number of aryl methyl sites for hydroxylation is 2. The molecule has 0 aliphatic rings. The Morgan fingerprint density at radius 3 is 2.58 bits per heavy atom. The molecule has 0 bridgehead atoms. The lowest BCUT2D eigenvalue weighted by Crippen LogP contribution is -2.17. The van der Waals surface area contributed by atoms with Crippen LogP contribution in [0.4, 0.5) is 5.82 Å². The molecule has 7 nitrogen and oxygen atoms in total. The molecule has 8 heteroatoms. The third-order valence-corrected chi connectivity index (χ3v) is 6.15. The van der Waals surface area contributed by atoms with Crippen LogP contribution in [0.2, 0.25) is 0 Å². The van der Waals surface area contributed by atoms with Crippen LogP contribution in [0, 0.1) is 6.92 Å². The molecule has 0 unspecified atom stereocenters. The van der Waals surface area contributed by atoms with E-state index in [1.165, 1.54) is 17.3 Å². The molecule has 0 saturated carbocycles. The van der Waals surface area contributed by atoms with Gasteiger partial charge in [-0.1, -0.05) is 67.2 Å². The van der Waals surface area contributed by atoms with Crippen LogP contribution in [0.5, 0.6) is 0 Å². The Kier molecular flexibility index (Phi) is 7.04. The van der Waals surface area contributed by atoms with Gasteiger partial charge in [0.25, 0.3) is 0 Å². The average Bonchev–Trinajstić information content (AvgIpc) is 3.42. The summed E-state index contributed by atoms with van der Waals surface area (Å²) in [5, 5.41) is 16.7. The molecule has 1 N–H and O–H groups in total. The lowest BCUT2D eigenvalue weighted by Gasteiger charge is -2.09. The topological polar surface area (TPSA) is 77.6 Å². The second kappa shape index (κ2) is 10.3. The predicted molar refractivity (Wildman–Crippen MR) is 133 cm³/mol. The maximum atomic E-state index is 12.8. The number of benzene rings is 2. The van der Waals surface area contributed by atoms with Crippen LogP contribution in [0.15, 0.2) is 78.5 Å². The lowest BCUT2D eigenvalue weighted by molar-refractivity contribution is -0.113. The van der Waals surface area contributed by atoms with Crippen LogP contribution in [0.25, 0.3) is 16.9 Å². The van der Waals surface area contributed by atoms with Crippen LogP contribution in [0.1, 0.15) is 18.3 Å². The number of carbonyl (C=O) groups excluding carboxylic acids is 1.